The zero-order valence-corrected chi connectivity index (χ0v) is 14.6. The van der Waals surface area contributed by atoms with E-state index in [9.17, 15) is 0 Å². The summed E-state index contributed by atoms with van der Waals surface area (Å²) in [5.74, 6) is 1.81. The van der Waals surface area contributed by atoms with Gasteiger partial charge in [0.05, 0.1) is 6.61 Å². The summed E-state index contributed by atoms with van der Waals surface area (Å²) < 4.78 is 5.72. The quantitative estimate of drug-likeness (QED) is 0.477. The molecule has 0 spiro atoms. The second-order valence-electron chi connectivity index (χ2n) is 6.37. The number of nitrogens with one attached hydrogen (secondary N) is 1. The molecule has 0 aromatic heterocycles. The maximum atomic E-state index is 5.72. The first-order valence-electron chi connectivity index (χ1n) is 8.87. The first kappa shape index (κ1) is 17.8. The van der Waals surface area contributed by atoms with Crippen molar-refractivity contribution in [3.63, 3.8) is 0 Å². The lowest BCUT2D eigenvalue weighted by molar-refractivity contribution is 0.135. The minimum atomic E-state index is 0.767. The molecule has 0 aliphatic carbocycles. The average Bonchev–Trinajstić information content (AvgIpc) is 2.58. The van der Waals surface area contributed by atoms with Gasteiger partial charge in [-0.25, -0.2) is 0 Å². The molecule has 1 saturated heterocycles. The summed E-state index contributed by atoms with van der Waals surface area (Å²) in [6.45, 7) is 7.07. The fraction of sp³-hybridized carbons (Fsp3) is 0.632. The number of hydrogen-bond acceptors (Lipinski definition) is 2. The molecule has 1 aliphatic heterocycles. The van der Waals surface area contributed by atoms with Crippen molar-refractivity contribution in [2.45, 2.75) is 32.6 Å². The second-order valence-corrected chi connectivity index (χ2v) is 6.37. The van der Waals surface area contributed by atoms with E-state index in [4.69, 9.17) is 4.74 Å². The largest absolute Gasteiger partial charge is 0.381 e. The van der Waals surface area contributed by atoms with E-state index in [0.717, 1.165) is 57.6 Å². The third kappa shape index (κ3) is 6.61. The van der Waals surface area contributed by atoms with Gasteiger partial charge < -0.3 is 15.0 Å². The molecule has 1 N–H and O–H groups in total. The first-order valence-corrected chi connectivity index (χ1v) is 8.87. The van der Waals surface area contributed by atoms with E-state index in [1.54, 1.807) is 0 Å². The molecule has 1 aromatic carbocycles. The highest BCUT2D eigenvalue weighted by Gasteiger charge is 2.18. The lowest BCUT2D eigenvalue weighted by Gasteiger charge is -2.33. The Labute approximate surface area is 140 Å². The van der Waals surface area contributed by atoms with Crippen molar-refractivity contribution in [1.82, 2.24) is 10.2 Å². The zero-order chi connectivity index (χ0) is 16.3. The number of ether oxygens (including phenoxy) is 1. The SMILES string of the molecule is CN=C(NCCCOCCc1ccccc1)N1CCCC(C)C1. The molecule has 0 saturated carbocycles. The summed E-state index contributed by atoms with van der Waals surface area (Å²) in [7, 11) is 1.87. The molecule has 1 heterocycles. The van der Waals surface area contributed by atoms with E-state index in [2.05, 4.69) is 46.4 Å². The molecule has 4 nitrogen and oxygen atoms in total. The van der Waals surface area contributed by atoms with Gasteiger partial charge >= 0.3 is 0 Å². The monoisotopic (exact) mass is 317 g/mol. The minimum Gasteiger partial charge on any atom is -0.381 e. The van der Waals surface area contributed by atoms with E-state index in [-0.39, 0.29) is 0 Å². The van der Waals surface area contributed by atoms with Crippen LogP contribution in [0.4, 0.5) is 0 Å². The van der Waals surface area contributed by atoms with Crippen LogP contribution in [0.5, 0.6) is 0 Å². The fourth-order valence-electron chi connectivity index (χ4n) is 3.03. The Balaban J connectivity index is 1.54. The van der Waals surface area contributed by atoms with Crippen molar-refractivity contribution in [1.29, 1.82) is 0 Å². The third-order valence-corrected chi connectivity index (χ3v) is 4.29. The molecular weight excluding hydrogens is 286 g/mol. The molecule has 1 unspecified atom stereocenters. The van der Waals surface area contributed by atoms with Crippen molar-refractivity contribution in [2.24, 2.45) is 10.9 Å². The molecule has 1 aliphatic rings. The van der Waals surface area contributed by atoms with Gasteiger partial charge in [0.1, 0.15) is 0 Å². The van der Waals surface area contributed by atoms with E-state index >= 15 is 0 Å². The van der Waals surface area contributed by atoms with Crippen LogP contribution >= 0.6 is 0 Å². The Hall–Kier alpha value is -1.55. The van der Waals surface area contributed by atoms with Gasteiger partial charge in [0.2, 0.25) is 0 Å². The number of nitrogens with zero attached hydrogens (tertiary/aromatic N) is 2. The van der Waals surface area contributed by atoms with Gasteiger partial charge in [0.15, 0.2) is 5.96 Å². The maximum Gasteiger partial charge on any atom is 0.193 e. The summed E-state index contributed by atoms with van der Waals surface area (Å²) in [4.78, 5) is 6.79. The first-order chi connectivity index (χ1) is 11.3. The van der Waals surface area contributed by atoms with Gasteiger partial charge in [0, 0.05) is 33.3 Å². The molecular formula is C19H31N3O. The van der Waals surface area contributed by atoms with Gasteiger partial charge in [-0.05, 0) is 37.2 Å². The molecule has 128 valence electrons. The second kappa shape index (κ2) is 10.3. The molecule has 2 rings (SSSR count). The predicted molar refractivity (Wildman–Crippen MR) is 96.9 cm³/mol. The van der Waals surface area contributed by atoms with Crippen LogP contribution < -0.4 is 5.32 Å². The summed E-state index contributed by atoms with van der Waals surface area (Å²) in [6.07, 6.45) is 4.60. The van der Waals surface area contributed by atoms with Crippen LogP contribution in [0.15, 0.2) is 35.3 Å². The van der Waals surface area contributed by atoms with Gasteiger partial charge in [0.25, 0.3) is 0 Å². The summed E-state index contributed by atoms with van der Waals surface area (Å²) >= 11 is 0. The van der Waals surface area contributed by atoms with Crippen molar-refractivity contribution in [3.05, 3.63) is 35.9 Å². The topological polar surface area (TPSA) is 36.9 Å². The van der Waals surface area contributed by atoms with E-state index in [1.165, 1.54) is 18.4 Å². The number of benzene rings is 1. The molecule has 1 atom stereocenters. The lowest BCUT2D eigenvalue weighted by Crippen LogP contribution is -2.46. The highest BCUT2D eigenvalue weighted by molar-refractivity contribution is 5.79. The van der Waals surface area contributed by atoms with Crippen LogP contribution in [0.3, 0.4) is 0 Å². The number of rotatable bonds is 7. The summed E-state index contributed by atoms with van der Waals surface area (Å²) in [5.41, 5.74) is 1.34. The van der Waals surface area contributed by atoms with Crippen molar-refractivity contribution in [2.75, 3.05) is 39.9 Å². The van der Waals surface area contributed by atoms with E-state index in [0.29, 0.717) is 0 Å². The Kier molecular flexibility index (Phi) is 7.95. The van der Waals surface area contributed by atoms with Gasteiger partial charge in [-0.1, -0.05) is 37.3 Å². The lowest BCUT2D eigenvalue weighted by atomic mass is 10.0. The van der Waals surface area contributed by atoms with Crippen LogP contribution in [0.25, 0.3) is 0 Å². The standard InChI is InChI=1S/C19H31N3O/c1-17-8-6-13-22(16-17)19(20-2)21-12-7-14-23-15-11-18-9-4-3-5-10-18/h3-5,9-10,17H,6-8,11-16H2,1-2H3,(H,20,21). The molecule has 0 bridgehead atoms. The van der Waals surface area contributed by atoms with Gasteiger partial charge in [-0.3, -0.25) is 4.99 Å². The van der Waals surface area contributed by atoms with Crippen LogP contribution in [0, 0.1) is 5.92 Å². The number of likely N-dealkylation sites (tertiary alicyclic amines) is 1. The minimum absolute atomic E-state index is 0.767. The van der Waals surface area contributed by atoms with Crippen LogP contribution in [-0.2, 0) is 11.2 Å². The molecule has 1 fully saturated rings. The summed E-state index contributed by atoms with van der Waals surface area (Å²) in [6, 6.07) is 10.5. The number of guanidine groups is 1. The maximum absolute atomic E-state index is 5.72. The van der Waals surface area contributed by atoms with Crippen LogP contribution in [0.2, 0.25) is 0 Å². The number of hydrogen-bond donors (Lipinski definition) is 1. The third-order valence-electron chi connectivity index (χ3n) is 4.29. The number of piperidine rings is 1. The highest BCUT2D eigenvalue weighted by atomic mass is 16.5. The number of aliphatic imine (C=N–C) groups is 1. The smallest absolute Gasteiger partial charge is 0.193 e. The normalized spacial score (nSPS) is 19.0. The van der Waals surface area contributed by atoms with Crippen molar-refractivity contribution < 1.29 is 4.74 Å². The van der Waals surface area contributed by atoms with Gasteiger partial charge in [-0.2, -0.15) is 0 Å². The molecule has 23 heavy (non-hydrogen) atoms. The Morgan fingerprint density at radius 2 is 2.13 bits per heavy atom. The average molecular weight is 317 g/mol. The van der Waals surface area contributed by atoms with Crippen LogP contribution in [-0.4, -0.2) is 50.8 Å². The molecule has 0 amide bonds. The van der Waals surface area contributed by atoms with E-state index in [1.807, 2.05) is 13.1 Å². The molecule has 1 aromatic rings. The Bertz CT molecular complexity index is 461. The Morgan fingerprint density at radius 3 is 2.87 bits per heavy atom. The fourth-order valence-corrected chi connectivity index (χ4v) is 3.03. The van der Waals surface area contributed by atoms with Crippen LogP contribution in [0.1, 0.15) is 31.7 Å². The van der Waals surface area contributed by atoms with E-state index < -0.39 is 0 Å². The summed E-state index contributed by atoms with van der Waals surface area (Å²) in [5, 5.41) is 3.46. The molecule has 4 heteroatoms. The van der Waals surface area contributed by atoms with Gasteiger partial charge in [-0.15, -0.1) is 0 Å². The predicted octanol–water partition coefficient (Wildman–Crippen LogP) is 2.94. The highest BCUT2D eigenvalue weighted by Crippen LogP contribution is 2.15. The van der Waals surface area contributed by atoms with Crippen molar-refractivity contribution >= 4 is 5.96 Å². The Morgan fingerprint density at radius 1 is 1.30 bits per heavy atom. The molecule has 0 radical (unpaired) electrons. The zero-order valence-electron chi connectivity index (χ0n) is 14.6. The van der Waals surface area contributed by atoms with Crippen molar-refractivity contribution in [3.8, 4) is 0 Å².